The van der Waals surface area contributed by atoms with Gasteiger partial charge in [-0.2, -0.15) is 0 Å². The van der Waals surface area contributed by atoms with Gasteiger partial charge in [-0.1, -0.05) is 30.3 Å². The summed E-state index contributed by atoms with van der Waals surface area (Å²) in [6.45, 7) is 3.37. The minimum absolute atomic E-state index is 0.0372. The van der Waals surface area contributed by atoms with Crippen LogP contribution in [0.1, 0.15) is 44.3 Å². The maximum absolute atomic E-state index is 12.6. The molecule has 0 radical (unpaired) electrons. The van der Waals surface area contributed by atoms with Gasteiger partial charge in [-0.25, -0.2) is 0 Å². The Balaban J connectivity index is 1.59. The van der Waals surface area contributed by atoms with Crippen molar-refractivity contribution in [2.75, 3.05) is 19.6 Å². The highest BCUT2D eigenvalue weighted by atomic mass is 16.5. The van der Waals surface area contributed by atoms with Crippen LogP contribution in [0.4, 0.5) is 0 Å². The van der Waals surface area contributed by atoms with Crippen molar-refractivity contribution in [1.29, 1.82) is 0 Å². The number of nitrogens with zero attached hydrogens (tertiary/aromatic N) is 1. The van der Waals surface area contributed by atoms with E-state index in [4.69, 9.17) is 4.74 Å². The Kier molecular flexibility index (Phi) is 5.51. The van der Waals surface area contributed by atoms with E-state index in [1.165, 1.54) is 19.8 Å². The van der Waals surface area contributed by atoms with Gasteiger partial charge in [0.1, 0.15) is 6.10 Å². The minimum atomic E-state index is -0.0493. The third-order valence-electron chi connectivity index (χ3n) is 4.74. The smallest absolute Gasteiger partial charge is 0.222 e. The van der Waals surface area contributed by atoms with E-state index >= 15 is 0 Å². The largest absolute Gasteiger partial charge is 0.366 e. The van der Waals surface area contributed by atoms with Crippen LogP contribution in [-0.2, 0) is 14.3 Å². The molecule has 2 aliphatic rings. The van der Waals surface area contributed by atoms with Crippen molar-refractivity contribution >= 4 is 11.8 Å². The fourth-order valence-corrected chi connectivity index (χ4v) is 3.23. The average molecular weight is 330 g/mol. The normalized spacial score (nSPS) is 23.8. The van der Waals surface area contributed by atoms with E-state index in [1.807, 2.05) is 23.1 Å². The average Bonchev–Trinajstić information content (AvgIpc) is 3.44. The second-order valence-corrected chi connectivity index (χ2v) is 6.80. The lowest BCUT2D eigenvalue weighted by atomic mass is 10.0. The van der Waals surface area contributed by atoms with E-state index < -0.39 is 0 Å². The Labute approximate surface area is 143 Å². The van der Waals surface area contributed by atoms with E-state index in [0.717, 1.165) is 5.56 Å². The monoisotopic (exact) mass is 330 g/mol. The maximum atomic E-state index is 12.6. The summed E-state index contributed by atoms with van der Waals surface area (Å²) >= 11 is 0. The standard InChI is InChI=1S/C19H26N2O3/c1-14(22)20-11-5-8-19(23)21-12-17(15-6-3-2-4-7-15)24-18(13-21)16-9-10-16/h2-4,6-7,16-18H,5,8-13H2,1H3,(H,20,22). The summed E-state index contributed by atoms with van der Waals surface area (Å²) in [6, 6.07) is 10.2. The predicted octanol–water partition coefficient (Wildman–Crippen LogP) is 2.28. The first kappa shape index (κ1) is 17.0. The van der Waals surface area contributed by atoms with E-state index in [9.17, 15) is 9.59 Å². The van der Waals surface area contributed by atoms with Crippen LogP contribution in [0.2, 0.25) is 0 Å². The molecule has 130 valence electrons. The third-order valence-corrected chi connectivity index (χ3v) is 4.74. The van der Waals surface area contributed by atoms with Crippen molar-refractivity contribution in [1.82, 2.24) is 10.2 Å². The van der Waals surface area contributed by atoms with Gasteiger partial charge in [0.05, 0.1) is 12.6 Å². The summed E-state index contributed by atoms with van der Waals surface area (Å²) in [7, 11) is 0. The van der Waals surface area contributed by atoms with Gasteiger partial charge < -0.3 is 15.0 Å². The number of benzene rings is 1. The van der Waals surface area contributed by atoms with Gasteiger partial charge in [0.15, 0.2) is 0 Å². The number of ether oxygens (including phenoxy) is 1. The summed E-state index contributed by atoms with van der Waals surface area (Å²) in [5, 5.41) is 2.74. The van der Waals surface area contributed by atoms with E-state index in [0.29, 0.717) is 38.4 Å². The van der Waals surface area contributed by atoms with Crippen LogP contribution in [0, 0.1) is 5.92 Å². The summed E-state index contributed by atoms with van der Waals surface area (Å²) in [5.74, 6) is 0.716. The summed E-state index contributed by atoms with van der Waals surface area (Å²) < 4.78 is 6.28. The van der Waals surface area contributed by atoms with Crippen LogP contribution >= 0.6 is 0 Å². The first-order valence-corrected chi connectivity index (χ1v) is 8.86. The summed E-state index contributed by atoms with van der Waals surface area (Å²) in [6.07, 6.45) is 3.68. The van der Waals surface area contributed by atoms with Crippen molar-refractivity contribution < 1.29 is 14.3 Å². The molecule has 2 fully saturated rings. The first-order chi connectivity index (χ1) is 11.6. The fourth-order valence-electron chi connectivity index (χ4n) is 3.23. The number of carbonyl (C=O) groups excluding carboxylic acids is 2. The molecule has 5 heteroatoms. The van der Waals surface area contributed by atoms with Crippen LogP contribution in [0.3, 0.4) is 0 Å². The van der Waals surface area contributed by atoms with E-state index in [1.54, 1.807) is 0 Å². The predicted molar refractivity (Wildman–Crippen MR) is 91.3 cm³/mol. The Hall–Kier alpha value is -1.88. The van der Waals surface area contributed by atoms with Crippen LogP contribution < -0.4 is 5.32 Å². The molecule has 1 saturated carbocycles. The summed E-state index contributed by atoms with van der Waals surface area (Å²) in [4.78, 5) is 25.4. The SMILES string of the molecule is CC(=O)NCCCC(=O)N1CC(c2ccccc2)OC(C2CC2)C1. The highest BCUT2D eigenvalue weighted by Gasteiger charge is 2.39. The number of morpholine rings is 1. The maximum Gasteiger partial charge on any atom is 0.222 e. The van der Waals surface area contributed by atoms with Gasteiger partial charge in [0, 0.05) is 26.4 Å². The Morgan fingerprint density at radius 1 is 1.21 bits per heavy atom. The fraction of sp³-hybridized carbons (Fsp3) is 0.579. The lowest BCUT2D eigenvalue weighted by Gasteiger charge is -2.38. The Morgan fingerprint density at radius 3 is 2.62 bits per heavy atom. The van der Waals surface area contributed by atoms with Crippen molar-refractivity contribution in [3.05, 3.63) is 35.9 Å². The van der Waals surface area contributed by atoms with Gasteiger partial charge in [-0.3, -0.25) is 9.59 Å². The second-order valence-electron chi connectivity index (χ2n) is 6.80. The summed E-state index contributed by atoms with van der Waals surface area (Å²) in [5.41, 5.74) is 1.14. The molecule has 2 amide bonds. The number of hydrogen-bond acceptors (Lipinski definition) is 3. The quantitative estimate of drug-likeness (QED) is 0.814. The van der Waals surface area contributed by atoms with Gasteiger partial charge in [-0.15, -0.1) is 0 Å². The molecule has 0 spiro atoms. The third kappa shape index (κ3) is 4.57. The molecule has 1 aliphatic carbocycles. The highest BCUT2D eigenvalue weighted by molar-refractivity contribution is 5.76. The number of hydrogen-bond donors (Lipinski definition) is 1. The molecule has 0 bridgehead atoms. The van der Waals surface area contributed by atoms with Gasteiger partial charge >= 0.3 is 0 Å². The van der Waals surface area contributed by atoms with Crippen LogP contribution in [0.15, 0.2) is 30.3 Å². The van der Waals surface area contributed by atoms with Crippen molar-refractivity contribution in [2.24, 2.45) is 5.92 Å². The molecule has 2 unspecified atom stereocenters. The van der Waals surface area contributed by atoms with Gasteiger partial charge in [0.2, 0.25) is 11.8 Å². The molecule has 1 aromatic carbocycles. The van der Waals surface area contributed by atoms with Gasteiger partial charge in [-0.05, 0) is 30.7 Å². The zero-order valence-corrected chi connectivity index (χ0v) is 14.2. The van der Waals surface area contributed by atoms with Crippen molar-refractivity contribution in [3.8, 4) is 0 Å². The van der Waals surface area contributed by atoms with E-state index in [2.05, 4.69) is 17.4 Å². The minimum Gasteiger partial charge on any atom is -0.366 e. The highest BCUT2D eigenvalue weighted by Crippen LogP contribution is 2.39. The molecule has 1 heterocycles. The number of rotatable bonds is 6. The van der Waals surface area contributed by atoms with Gasteiger partial charge in [0.25, 0.3) is 0 Å². The first-order valence-electron chi connectivity index (χ1n) is 8.86. The molecule has 1 N–H and O–H groups in total. The number of nitrogens with one attached hydrogen (secondary N) is 1. The molecule has 0 aromatic heterocycles. The Bertz CT molecular complexity index is 571. The number of carbonyl (C=O) groups is 2. The molecule has 2 atom stereocenters. The molecule has 3 rings (SSSR count). The lowest BCUT2D eigenvalue weighted by Crippen LogP contribution is -2.47. The molecule has 1 aliphatic heterocycles. The number of amides is 2. The zero-order valence-electron chi connectivity index (χ0n) is 14.2. The van der Waals surface area contributed by atoms with Crippen molar-refractivity contribution in [2.45, 2.75) is 44.8 Å². The van der Waals surface area contributed by atoms with Crippen LogP contribution in [-0.4, -0.2) is 42.5 Å². The Morgan fingerprint density at radius 2 is 1.96 bits per heavy atom. The molecule has 5 nitrogen and oxygen atoms in total. The van der Waals surface area contributed by atoms with Crippen LogP contribution in [0.5, 0.6) is 0 Å². The topological polar surface area (TPSA) is 58.6 Å². The zero-order chi connectivity index (χ0) is 16.9. The van der Waals surface area contributed by atoms with Crippen LogP contribution in [0.25, 0.3) is 0 Å². The second kappa shape index (κ2) is 7.79. The lowest BCUT2D eigenvalue weighted by molar-refractivity contribution is -0.148. The van der Waals surface area contributed by atoms with Crippen molar-refractivity contribution in [3.63, 3.8) is 0 Å². The molecule has 24 heavy (non-hydrogen) atoms. The molecule has 1 saturated heterocycles. The molecular weight excluding hydrogens is 304 g/mol. The molecule has 1 aromatic rings. The molecular formula is C19H26N2O3. The van der Waals surface area contributed by atoms with E-state index in [-0.39, 0.29) is 24.0 Å².